The fourth-order valence-corrected chi connectivity index (χ4v) is 4.53. The number of amides is 1. The summed E-state index contributed by atoms with van der Waals surface area (Å²) < 4.78 is 20.7. The molecule has 0 atom stereocenters. The van der Waals surface area contributed by atoms with Crippen LogP contribution >= 0.6 is 23.1 Å². The second-order valence-electron chi connectivity index (χ2n) is 6.53. The molecule has 0 aliphatic carbocycles. The molecule has 0 unspecified atom stereocenters. The van der Waals surface area contributed by atoms with E-state index in [0.29, 0.717) is 21.5 Å². The lowest BCUT2D eigenvalue weighted by Crippen LogP contribution is -2.23. The quantitative estimate of drug-likeness (QED) is 0.260. The molecule has 1 N–H and O–H groups in total. The Bertz CT molecular complexity index is 1370. The van der Waals surface area contributed by atoms with E-state index in [1.54, 1.807) is 29.6 Å². The molecule has 4 aromatic rings. The number of carbonyl (C=O) groups excluding carboxylic acids is 2. The van der Waals surface area contributed by atoms with Crippen LogP contribution in [0.1, 0.15) is 10.4 Å². The molecule has 0 saturated carbocycles. The molecule has 2 aromatic carbocycles. The molecule has 0 saturated heterocycles. The molecule has 0 radical (unpaired) electrons. The molecule has 2 heterocycles. The number of nitrogens with zero attached hydrogens (tertiary/aromatic N) is 2. The second kappa shape index (κ2) is 9.33. The number of anilines is 1. The topological polar surface area (TPSA) is 90.3 Å². The summed E-state index contributed by atoms with van der Waals surface area (Å²) in [5, 5.41) is 4.66. The summed E-state index contributed by atoms with van der Waals surface area (Å²) in [6.45, 7) is 0. The summed E-state index contributed by atoms with van der Waals surface area (Å²) in [5.74, 6) is -1.45. The first-order valence-corrected chi connectivity index (χ1v) is 11.2. The lowest BCUT2D eigenvalue weighted by atomic mass is 10.2. The van der Waals surface area contributed by atoms with Crippen LogP contribution in [0.2, 0.25) is 0 Å². The summed E-state index contributed by atoms with van der Waals surface area (Å²) in [6.07, 6.45) is 0. The smallest absolute Gasteiger partial charge is 0.337 e. The van der Waals surface area contributed by atoms with Crippen molar-refractivity contribution in [2.75, 3.05) is 18.2 Å². The SMILES string of the molecule is COC(=O)c1ccc(NC(=O)CSc2nc3ccsc3c(=O)n2-c2ccccc2F)cc1. The Morgan fingerprint density at radius 3 is 2.62 bits per heavy atom. The Morgan fingerprint density at radius 1 is 1.16 bits per heavy atom. The molecule has 0 fully saturated rings. The number of thiophene rings is 1. The van der Waals surface area contributed by atoms with E-state index in [0.717, 1.165) is 11.8 Å². The van der Waals surface area contributed by atoms with Crippen LogP contribution in [-0.2, 0) is 9.53 Å². The molecule has 32 heavy (non-hydrogen) atoms. The number of aromatic nitrogens is 2. The average Bonchev–Trinajstić information content (AvgIpc) is 3.27. The van der Waals surface area contributed by atoms with Crippen LogP contribution in [0, 0.1) is 5.82 Å². The van der Waals surface area contributed by atoms with Gasteiger partial charge in [-0.25, -0.2) is 14.2 Å². The predicted molar refractivity (Wildman–Crippen MR) is 122 cm³/mol. The minimum atomic E-state index is -0.565. The highest BCUT2D eigenvalue weighted by molar-refractivity contribution is 7.99. The van der Waals surface area contributed by atoms with Crippen molar-refractivity contribution < 1.29 is 18.7 Å². The number of benzene rings is 2. The summed E-state index contributed by atoms with van der Waals surface area (Å²) in [6, 6.07) is 13.9. The monoisotopic (exact) mass is 469 g/mol. The fourth-order valence-electron chi connectivity index (χ4n) is 2.97. The number of hydrogen-bond donors (Lipinski definition) is 1. The second-order valence-corrected chi connectivity index (χ2v) is 8.39. The summed E-state index contributed by atoms with van der Waals surface area (Å²) >= 11 is 2.25. The zero-order valence-corrected chi connectivity index (χ0v) is 18.3. The van der Waals surface area contributed by atoms with Gasteiger partial charge in [-0.05, 0) is 47.8 Å². The van der Waals surface area contributed by atoms with Crippen LogP contribution in [0.4, 0.5) is 10.1 Å². The van der Waals surface area contributed by atoms with Crippen LogP contribution in [0.3, 0.4) is 0 Å². The van der Waals surface area contributed by atoms with Crippen molar-refractivity contribution in [2.45, 2.75) is 5.16 Å². The van der Waals surface area contributed by atoms with Crippen molar-refractivity contribution in [3.05, 3.63) is 81.7 Å². The van der Waals surface area contributed by atoms with Gasteiger partial charge in [-0.15, -0.1) is 11.3 Å². The van der Waals surface area contributed by atoms with Crippen molar-refractivity contribution in [2.24, 2.45) is 0 Å². The van der Waals surface area contributed by atoms with E-state index in [1.165, 1.54) is 53.3 Å². The van der Waals surface area contributed by atoms with Crippen molar-refractivity contribution in [1.29, 1.82) is 0 Å². The van der Waals surface area contributed by atoms with Gasteiger partial charge in [0.15, 0.2) is 5.16 Å². The van der Waals surface area contributed by atoms with Crippen molar-refractivity contribution >= 4 is 50.9 Å². The number of methoxy groups -OCH3 is 1. The number of halogens is 1. The summed E-state index contributed by atoms with van der Waals surface area (Å²) in [5.41, 5.74) is 1.03. The number of para-hydroxylation sites is 1. The van der Waals surface area contributed by atoms with Gasteiger partial charge in [-0.2, -0.15) is 0 Å². The molecule has 0 spiro atoms. The van der Waals surface area contributed by atoms with Crippen molar-refractivity contribution in [3.8, 4) is 5.69 Å². The number of carbonyl (C=O) groups is 2. The Morgan fingerprint density at radius 2 is 1.91 bits per heavy atom. The molecule has 0 aliphatic heterocycles. The first-order valence-electron chi connectivity index (χ1n) is 9.34. The molecule has 2 aromatic heterocycles. The zero-order chi connectivity index (χ0) is 22.7. The number of rotatable bonds is 6. The standard InChI is InChI=1S/C22H16FN3O4S2/c1-30-21(29)13-6-8-14(9-7-13)24-18(27)12-32-22-25-16-10-11-31-19(16)20(28)26(22)17-5-3-2-4-15(17)23/h2-11H,12H2,1H3,(H,24,27). The Balaban J connectivity index is 1.57. The van der Waals surface area contributed by atoms with Crippen molar-refractivity contribution in [1.82, 2.24) is 9.55 Å². The highest BCUT2D eigenvalue weighted by Gasteiger charge is 2.18. The molecule has 7 nitrogen and oxygen atoms in total. The van der Waals surface area contributed by atoms with Gasteiger partial charge in [0.05, 0.1) is 29.6 Å². The van der Waals surface area contributed by atoms with Crippen LogP contribution in [0.15, 0.2) is 69.9 Å². The van der Waals surface area contributed by atoms with E-state index < -0.39 is 17.3 Å². The third-order valence-corrected chi connectivity index (χ3v) is 6.29. The Labute approximate surface area is 189 Å². The maximum Gasteiger partial charge on any atom is 0.337 e. The number of hydrogen-bond acceptors (Lipinski definition) is 7. The molecular weight excluding hydrogens is 453 g/mol. The van der Waals surface area contributed by atoms with Gasteiger partial charge < -0.3 is 10.1 Å². The number of fused-ring (bicyclic) bond motifs is 1. The van der Waals surface area contributed by atoms with Crippen LogP contribution in [-0.4, -0.2) is 34.3 Å². The van der Waals surface area contributed by atoms with E-state index in [2.05, 4.69) is 15.0 Å². The summed E-state index contributed by atoms with van der Waals surface area (Å²) in [7, 11) is 1.29. The third kappa shape index (κ3) is 4.41. The summed E-state index contributed by atoms with van der Waals surface area (Å²) in [4.78, 5) is 41.5. The van der Waals surface area contributed by atoms with E-state index in [4.69, 9.17) is 0 Å². The van der Waals surface area contributed by atoms with Crippen molar-refractivity contribution in [3.63, 3.8) is 0 Å². The largest absolute Gasteiger partial charge is 0.465 e. The third-order valence-electron chi connectivity index (χ3n) is 4.46. The minimum absolute atomic E-state index is 0.0602. The van der Waals surface area contributed by atoms with Gasteiger partial charge in [-0.1, -0.05) is 23.9 Å². The van der Waals surface area contributed by atoms with Gasteiger partial charge in [-0.3, -0.25) is 14.2 Å². The van der Waals surface area contributed by atoms with E-state index in [9.17, 15) is 18.8 Å². The van der Waals surface area contributed by atoms with E-state index in [-0.39, 0.29) is 22.5 Å². The Hall–Kier alpha value is -3.50. The first-order chi connectivity index (χ1) is 15.5. The van der Waals surface area contributed by atoms with Gasteiger partial charge in [0.25, 0.3) is 5.56 Å². The lowest BCUT2D eigenvalue weighted by molar-refractivity contribution is -0.113. The van der Waals surface area contributed by atoms with Gasteiger partial charge in [0, 0.05) is 5.69 Å². The number of esters is 1. The van der Waals surface area contributed by atoms with E-state index >= 15 is 0 Å². The number of nitrogens with one attached hydrogen (secondary N) is 1. The Kier molecular flexibility index (Phi) is 6.33. The highest BCUT2D eigenvalue weighted by Crippen LogP contribution is 2.25. The van der Waals surface area contributed by atoms with Crippen LogP contribution < -0.4 is 10.9 Å². The highest BCUT2D eigenvalue weighted by atomic mass is 32.2. The van der Waals surface area contributed by atoms with Crippen LogP contribution in [0.5, 0.6) is 0 Å². The number of ether oxygens (including phenoxy) is 1. The number of thioether (sulfide) groups is 1. The minimum Gasteiger partial charge on any atom is -0.465 e. The predicted octanol–water partition coefficient (Wildman–Crippen LogP) is 4.10. The zero-order valence-electron chi connectivity index (χ0n) is 16.7. The maximum atomic E-state index is 14.5. The normalized spacial score (nSPS) is 10.8. The lowest BCUT2D eigenvalue weighted by Gasteiger charge is -2.13. The average molecular weight is 470 g/mol. The maximum absolute atomic E-state index is 14.5. The molecule has 1 amide bonds. The van der Waals surface area contributed by atoms with Crippen LogP contribution in [0.25, 0.3) is 15.9 Å². The molecule has 0 aliphatic rings. The van der Waals surface area contributed by atoms with Gasteiger partial charge >= 0.3 is 5.97 Å². The van der Waals surface area contributed by atoms with Gasteiger partial charge in [0.2, 0.25) is 5.91 Å². The fraction of sp³-hybridized carbons (Fsp3) is 0.0909. The molecule has 0 bridgehead atoms. The molecule has 10 heteroatoms. The van der Waals surface area contributed by atoms with E-state index in [1.807, 2.05) is 0 Å². The molecule has 162 valence electrons. The first kappa shape index (κ1) is 21.7. The van der Waals surface area contributed by atoms with Gasteiger partial charge in [0.1, 0.15) is 10.5 Å². The molecular formula is C22H16FN3O4S2. The molecule has 4 rings (SSSR count).